The Kier molecular flexibility index (Phi) is 4.31. The molecule has 5 nitrogen and oxygen atoms in total. The maximum absolute atomic E-state index is 11.6. The number of aliphatic carboxylic acids is 1. The molecule has 0 aliphatic carbocycles. The van der Waals surface area contributed by atoms with Crippen LogP contribution >= 0.6 is 0 Å². The summed E-state index contributed by atoms with van der Waals surface area (Å²) in [5, 5.41) is 8.91. The first-order valence-corrected chi connectivity index (χ1v) is 5.39. The quantitative estimate of drug-likeness (QED) is 0.809. The summed E-state index contributed by atoms with van der Waals surface area (Å²) in [6.45, 7) is 3.17. The van der Waals surface area contributed by atoms with Gasteiger partial charge in [0, 0.05) is 5.56 Å². The summed E-state index contributed by atoms with van der Waals surface area (Å²) in [6, 6.07) is 1.65. The average molecular weight is 252 g/mol. The lowest BCUT2D eigenvalue weighted by atomic mass is 9.97. The van der Waals surface area contributed by atoms with Crippen LogP contribution in [0.4, 0.5) is 0 Å². The van der Waals surface area contributed by atoms with Crippen molar-refractivity contribution in [2.24, 2.45) is 0 Å². The lowest BCUT2D eigenvalue weighted by Crippen LogP contribution is -2.09. The van der Waals surface area contributed by atoms with Crippen LogP contribution < -0.4 is 9.47 Å². The first kappa shape index (κ1) is 14.0. The summed E-state index contributed by atoms with van der Waals surface area (Å²) in [4.78, 5) is 22.5. The molecule has 0 atom stereocenters. The van der Waals surface area contributed by atoms with Crippen LogP contribution in [0.15, 0.2) is 6.07 Å². The van der Waals surface area contributed by atoms with E-state index >= 15 is 0 Å². The van der Waals surface area contributed by atoms with Crippen molar-refractivity contribution in [2.45, 2.75) is 20.3 Å². The molecule has 1 N–H and O–H groups in total. The minimum absolute atomic E-state index is 0.168. The second kappa shape index (κ2) is 5.53. The second-order valence-electron chi connectivity index (χ2n) is 3.91. The predicted octanol–water partition coefficient (Wildman–Crippen LogP) is 1.84. The summed E-state index contributed by atoms with van der Waals surface area (Å²) in [7, 11) is 2.86. The van der Waals surface area contributed by atoms with E-state index in [9.17, 15) is 9.59 Å². The molecule has 0 aliphatic heterocycles. The Morgan fingerprint density at radius 3 is 2.28 bits per heavy atom. The third-order valence-electron chi connectivity index (χ3n) is 2.64. The maximum atomic E-state index is 11.6. The standard InChI is InChI=1S/C13H16O5/c1-7-5-10(17-3)9(6-11(15)16)13(18-4)12(7)8(2)14/h5H,6H2,1-4H3,(H,15,16). The molecule has 18 heavy (non-hydrogen) atoms. The first-order valence-electron chi connectivity index (χ1n) is 5.39. The molecule has 0 heterocycles. The topological polar surface area (TPSA) is 72.8 Å². The minimum Gasteiger partial charge on any atom is -0.496 e. The molecule has 0 spiro atoms. The number of hydrogen-bond acceptors (Lipinski definition) is 4. The highest BCUT2D eigenvalue weighted by Crippen LogP contribution is 2.35. The van der Waals surface area contributed by atoms with E-state index in [0.29, 0.717) is 22.4 Å². The fraction of sp³-hybridized carbons (Fsp3) is 0.385. The van der Waals surface area contributed by atoms with E-state index in [4.69, 9.17) is 14.6 Å². The van der Waals surface area contributed by atoms with E-state index in [0.717, 1.165) is 0 Å². The van der Waals surface area contributed by atoms with Gasteiger partial charge in [-0.05, 0) is 25.5 Å². The molecule has 0 radical (unpaired) electrons. The summed E-state index contributed by atoms with van der Waals surface area (Å²) in [5.41, 5.74) is 1.48. The summed E-state index contributed by atoms with van der Waals surface area (Å²) < 4.78 is 10.3. The molecule has 0 saturated carbocycles. The number of ketones is 1. The molecular weight excluding hydrogens is 236 g/mol. The fourth-order valence-electron chi connectivity index (χ4n) is 1.96. The lowest BCUT2D eigenvalue weighted by Gasteiger charge is -2.17. The highest BCUT2D eigenvalue weighted by atomic mass is 16.5. The van der Waals surface area contributed by atoms with Crippen molar-refractivity contribution in [1.82, 2.24) is 0 Å². The van der Waals surface area contributed by atoms with E-state index in [1.54, 1.807) is 13.0 Å². The molecule has 0 unspecified atom stereocenters. The van der Waals surface area contributed by atoms with Crippen molar-refractivity contribution in [3.63, 3.8) is 0 Å². The Bertz CT molecular complexity index is 491. The zero-order valence-corrected chi connectivity index (χ0v) is 10.9. The van der Waals surface area contributed by atoms with Crippen molar-refractivity contribution < 1.29 is 24.2 Å². The smallest absolute Gasteiger partial charge is 0.308 e. The minimum atomic E-state index is -1.01. The molecule has 0 bridgehead atoms. The van der Waals surface area contributed by atoms with E-state index in [1.165, 1.54) is 21.1 Å². The van der Waals surface area contributed by atoms with Crippen LogP contribution in [0.5, 0.6) is 11.5 Å². The zero-order valence-electron chi connectivity index (χ0n) is 10.9. The predicted molar refractivity (Wildman–Crippen MR) is 65.6 cm³/mol. The van der Waals surface area contributed by atoms with Crippen molar-refractivity contribution in [3.8, 4) is 11.5 Å². The van der Waals surface area contributed by atoms with Gasteiger partial charge in [0.15, 0.2) is 5.78 Å². The van der Waals surface area contributed by atoms with Gasteiger partial charge in [-0.3, -0.25) is 9.59 Å². The fourth-order valence-corrected chi connectivity index (χ4v) is 1.96. The van der Waals surface area contributed by atoms with Gasteiger partial charge >= 0.3 is 5.97 Å². The van der Waals surface area contributed by atoms with Crippen LogP contribution in [-0.4, -0.2) is 31.1 Å². The number of rotatable bonds is 5. The van der Waals surface area contributed by atoms with E-state index in [-0.39, 0.29) is 18.0 Å². The van der Waals surface area contributed by atoms with Gasteiger partial charge in [-0.1, -0.05) is 0 Å². The number of aryl methyl sites for hydroxylation is 1. The van der Waals surface area contributed by atoms with Gasteiger partial charge in [0.25, 0.3) is 0 Å². The molecule has 0 saturated heterocycles. The number of Topliss-reactive ketones (excluding diaryl/α,β-unsaturated/α-hetero) is 1. The molecule has 98 valence electrons. The van der Waals surface area contributed by atoms with Crippen LogP contribution in [0.3, 0.4) is 0 Å². The molecule has 1 aromatic carbocycles. The normalized spacial score (nSPS) is 10.0. The van der Waals surface area contributed by atoms with Gasteiger partial charge < -0.3 is 14.6 Å². The highest BCUT2D eigenvalue weighted by molar-refractivity contribution is 5.99. The van der Waals surface area contributed by atoms with E-state index < -0.39 is 5.97 Å². The van der Waals surface area contributed by atoms with Crippen LogP contribution in [0, 0.1) is 6.92 Å². The Morgan fingerprint density at radius 1 is 1.28 bits per heavy atom. The number of carboxylic acid groups (broad SMARTS) is 1. The van der Waals surface area contributed by atoms with Crippen LogP contribution in [0.1, 0.15) is 28.4 Å². The van der Waals surface area contributed by atoms with Crippen molar-refractivity contribution >= 4 is 11.8 Å². The molecule has 1 rings (SSSR count). The first-order chi connectivity index (χ1) is 8.42. The van der Waals surface area contributed by atoms with E-state index in [1.807, 2.05) is 0 Å². The molecule has 0 fully saturated rings. The maximum Gasteiger partial charge on any atom is 0.308 e. The van der Waals surface area contributed by atoms with Crippen molar-refractivity contribution in [1.29, 1.82) is 0 Å². The van der Waals surface area contributed by atoms with Crippen molar-refractivity contribution in [3.05, 3.63) is 22.8 Å². The molecule has 0 amide bonds. The number of ether oxygens (including phenoxy) is 2. The van der Waals surface area contributed by atoms with Gasteiger partial charge in [0.1, 0.15) is 11.5 Å². The monoisotopic (exact) mass is 252 g/mol. The molecular formula is C13H16O5. The number of hydrogen-bond donors (Lipinski definition) is 1. The number of carbonyl (C=O) groups excluding carboxylic acids is 1. The highest BCUT2D eigenvalue weighted by Gasteiger charge is 2.22. The van der Waals surface area contributed by atoms with Crippen LogP contribution in [0.25, 0.3) is 0 Å². The largest absolute Gasteiger partial charge is 0.496 e. The Labute approximate surface area is 105 Å². The number of benzene rings is 1. The van der Waals surface area contributed by atoms with Gasteiger partial charge in [-0.25, -0.2) is 0 Å². The number of carbonyl (C=O) groups is 2. The van der Waals surface area contributed by atoms with Crippen LogP contribution in [0.2, 0.25) is 0 Å². The Hall–Kier alpha value is -2.04. The van der Waals surface area contributed by atoms with E-state index in [2.05, 4.69) is 0 Å². The second-order valence-corrected chi connectivity index (χ2v) is 3.91. The van der Waals surface area contributed by atoms with Gasteiger partial charge in [0.2, 0.25) is 0 Å². The third-order valence-corrected chi connectivity index (χ3v) is 2.64. The van der Waals surface area contributed by atoms with Crippen LogP contribution in [-0.2, 0) is 11.2 Å². The summed E-state index contributed by atoms with van der Waals surface area (Å²) in [6.07, 6.45) is -0.257. The average Bonchev–Trinajstić information content (AvgIpc) is 2.28. The third kappa shape index (κ3) is 2.61. The number of carboxylic acids is 1. The number of methoxy groups -OCH3 is 2. The van der Waals surface area contributed by atoms with Gasteiger partial charge in [-0.2, -0.15) is 0 Å². The Balaban J connectivity index is 3.58. The summed E-state index contributed by atoms with van der Waals surface area (Å²) >= 11 is 0. The van der Waals surface area contributed by atoms with Crippen molar-refractivity contribution in [2.75, 3.05) is 14.2 Å². The Morgan fingerprint density at radius 2 is 1.89 bits per heavy atom. The molecule has 0 aliphatic rings. The SMILES string of the molecule is COc1cc(C)c(C(C)=O)c(OC)c1CC(=O)O. The lowest BCUT2D eigenvalue weighted by molar-refractivity contribution is -0.136. The van der Waals surface area contributed by atoms with Gasteiger partial charge in [-0.15, -0.1) is 0 Å². The molecule has 1 aromatic rings. The molecule has 0 aromatic heterocycles. The van der Waals surface area contributed by atoms with Gasteiger partial charge in [0.05, 0.1) is 26.2 Å². The summed E-state index contributed by atoms with van der Waals surface area (Å²) in [5.74, 6) is -0.484. The zero-order chi connectivity index (χ0) is 13.9. The molecule has 5 heteroatoms.